The quantitative estimate of drug-likeness (QED) is 0.360. The van der Waals surface area contributed by atoms with Crippen molar-refractivity contribution in [2.45, 2.75) is 25.0 Å². The van der Waals surface area contributed by atoms with Gasteiger partial charge in [-0.1, -0.05) is 19.1 Å². The average Bonchev–Trinajstić information content (AvgIpc) is 2.66. The summed E-state index contributed by atoms with van der Waals surface area (Å²) in [6.45, 7) is 1.39. The van der Waals surface area contributed by atoms with E-state index in [0.717, 1.165) is 0 Å². The number of Topliss-reactive ketones (excluding diaryl/α,β-unsaturated/α-hetero) is 2. The van der Waals surface area contributed by atoms with Crippen LogP contribution in [0.25, 0.3) is 5.76 Å². The molecule has 9 nitrogen and oxygen atoms in total. The zero-order valence-electron chi connectivity index (χ0n) is 15.3. The number of aliphatic hydroxyl groups excluding tert-OH is 3. The minimum absolute atomic E-state index is 0.138. The summed E-state index contributed by atoms with van der Waals surface area (Å²) in [5.41, 5.74) is 1.30. The Morgan fingerprint density at radius 3 is 2.48 bits per heavy atom. The number of fused-ring (bicyclic) bond motifs is 3. The number of carbonyl (C=O) groups is 3. The third kappa shape index (κ3) is 2.19. The van der Waals surface area contributed by atoms with Gasteiger partial charge in [-0.3, -0.25) is 14.4 Å². The topological polar surface area (TPSA) is 178 Å². The second kappa shape index (κ2) is 5.91. The molecular formula is C20H19NO8. The Kier molecular flexibility index (Phi) is 3.91. The van der Waals surface area contributed by atoms with Gasteiger partial charge in [-0.05, 0) is 18.1 Å². The molecule has 1 amide bonds. The molecule has 7 N–H and O–H groups in total. The Balaban J connectivity index is 2.00. The molecule has 0 aromatic heterocycles. The van der Waals surface area contributed by atoms with Crippen LogP contribution < -0.4 is 5.73 Å². The van der Waals surface area contributed by atoms with E-state index in [0.29, 0.717) is 0 Å². The highest BCUT2D eigenvalue weighted by atomic mass is 16.3. The molecule has 152 valence electrons. The van der Waals surface area contributed by atoms with Gasteiger partial charge in [0.1, 0.15) is 22.8 Å². The molecule has 5 atom stereocenters. The molecule has 0 saturated heterocycles. The van der Waals surface area contributed by atoms with Gasteiger partial charge in [0.15, 0.2) is 11.4 Å². The SMILES string of the molecule is C[C@@H]1C(=O)C(C(N)=O)=C(O)[C@@]2(O)C(=O)C3=C(O)c4c(O)cccc4[C@@H](O)[C@H]3C[C@@H]12. The van der Waals surface area contributed by atoms with E-state index in [1.807, 2.05) is 0 Å². The van der Waals surface area contributed by atoms with E-state index in [-0.39, 0.29) is 28.9 Å². The van der Waals surface area contributed by atoms with Crippen LogP contribution in [0.3, 0.4) is 0 Å². The molecule has 3 aliphatic carbocycles. The molecule has 0 unspecified atom stereocenters. The maximum atomic E-state index is 13.3. The van der Waals surface area contributed by atoms with Crippen molar-refractivity contribution in [3.05, 3.63) is 46.2 Å². The molecule has 0 spiro atoms. The molecule has 0 heterocycles. The molecule has 4 rings (SSSR count). The number of hydrogen-bond donors (Lipinski definition) is 6. The minimum atomic E-state index is -2.67. The highest BCUT2D eigenvalue weighted by Gasteiger charge is 2.63. The van der Waals surface area contributed by atoms with Crippen LogP contribution in [0.5, 0.6) is 5.75 Å². The van der Waals surface area contributed by atoms with Gasteiger partial charge in [-0.25, -0.2) is 0 Å². The van der Waals surface area contributed by atoms with Gasteiger partial charge in [-0.15, -0.1) is 0 Å². The maximum absolute atomic E-state index is 13.3. The highest BCUT2D eigenvalue weighted by molar-refractivity contribution is 6.23. The monoisotopic (exact) mass is 401 g/mol. The smallest absolute Gasteiger partial charge is 0.255 e. The zero-order valence-corrected chi connectivity index (χ0v) is 15.3. The van der Waals surface area contributed by atoms with Crippen molar-refractivity contribution >= 4 is 23.2 Å². The normalized spacial score (nSPS) is 33.9. The first-order valence-corrected chi connectivity index (χ1v) is 9.01. The van der Waals surface area contributed by atoms with Crippen LogP contribution in [-0.2, 0) is 14.4 Å². The van der Waals surface area contributed by atoms with Crippen molar-refractivity contribution in [3.63, 3.8) is 0 Å². The van der Waals surface area contributed by atoms with Crippen LogP contribution in [0.15, 0.2) is 35.1 Å². The summed E-state index contributed by atoms with van der Waals surface area (Å²) in [7, 11) is 0. The molecule has 1 aromatic rings. The first-order valence-electron chi connectivity index (χ1n) is 9.01. The lowest BCUT2D eigenvalue weighted by Crippen LogP contribution is -2.61. The molecule has 3 aliphatic rings. The van der Waals surface area contributed by atoms with Crippen LogP contribution in [0.2, 0.25) is 0 Å². The van der Waals surface area contributed by atoms with E-state index in [4.69, 9.17) is 5.73 Å². The van der Waals surface area contributed by atoms with Crippen molar-refractivity contribution in [1.29, 1.82) is 0 Å². The fourth-order valence-corrected chi connectivity index (χ4v) is 4.89. The van der Waals surface area contributed by atoms with Crippen molar-refractivity contribution < 1.29 is 39.9 Å². The summed E-state index contributed by atoms with van der Waals surface area (Å²) in [4.78, 5) is 37.5. The lowest BCUT2D eigenvalue weighted by molar-refractivity contribution is -0.154. The maximum Gasteiger partial charge on any atom is 0.255 e. The van der Waals surface area contributed by atoms with Crippen LogP contribution in [0, 0.1) is 17.8 Å². The number of hydrogen-bond acceptors (Lipinski definition) is 8. The lowest BCUT2D eigenvalue weighted by Gasteiger charge is -2.49. The molecular weight excluding hydrogens is 382 g/mol. The van der Waals surface area contributed by atoms with Gasteiger partial charge in [0.2, 0.25) is 5.78 Å². The Morgan fingerprint density at radius 2 is 1.86 bits per heavy atom. The van der Waals surface area contributed by atoms with E-state index in [9.17, 15) is 39.9 Å². The van der Waals surface area contributed by atoms with E-state index in [1.54, 1.807) is 0 Å². The standard InChI is InChI=1S/C20H19NO8/c1-6-9-5-8-12(16(25)11-7(15(8)24)3-2-4-10(11)22)17(26)20(9,29)18(27)13(14(6)23)19(21)28/h2-4,6,8-9,15,22,24-25,27,29H,5H2,1H3,(H2,21,28)/t6-,8-,9-,15+,20-/m0/s1. The van der Waals surface area contributed by atoms with Crippen molar-refractivity contribution in [3.8, 4) is 5.75 Å². The number of phenols is 1. The van der Waals surface area contributed by atoms with E-state index >= 15 is 0 Å². The van der Waals surface area contributed by atoms with Crippen LogP contribution >= 0.6 is 0 Å². The number of aliphatic hydroxyl groups is 4. The number of carbonyl (C=O) groups excluding carboxylic acids is 3. The predicted molar refractivity (Wildman–Crippen MR) is 97.2 cm³/mol. The third-order valence-electron chi connectivity index (χ3n) is 6.38. The minimum Gasteiger partial charge on any atom is -0.508 e. The second-order valence-electron chi connectivity index (χ2n) is 7.73. The molecule has 29 heavy (non-hydrogen) atoms. The zero-order chi connectivity index (χ0) is 21.4. The number of rotatable bonds is 1. The Hall–Kier alpha value is -3.17. The van der Waals surface area contributed by atoms with Gasteiger partial charge in [0.25, 0.3) is 5.91 Å². The van der Waals surface area contributed by atoms with Crippen molar-refractivity contribution in [1.82, 2.24) is 0 Å². The van der Waals surface area contributed by atoms with Gasteiger partial charge >= 0.3 is 0 Å². The number of nitrogens with two attached hydrogens (primary N) is 1. The fourth-order valence-electron chi connectivity index (χ4n) is 4.89. The molecule has 0 radical (unpaired) electrons. The van der Waals surface area contributed by atoms with Gasteiger partial charge in [0.05, 0.1) is 11.7 Å². The lowest BCUT2D eigenvalue weighted by atomic mass is 9.56. The van der Waals surface area contributed by atoms with Crippen molar-refractivity contribution in [2.24, 2.45) is 23.5 Å². The number of primary amides is 1. The molecule has 0 bridgehead atoms. The predicted octanol–water partition coefficient (Wildman–Crippen LogP) is 0.161. The number of aromatic hydroxyl groups is 1. The van der Waals surface area contributed by atoms with E-state index in [1.165, 1.54) is 25.1 Å². The number of phenolic OH excluding ortho intramolecular Hbond substituents is 1. The summed E-state index contributed by atoms with van der Waals surface area (Å²) in [5.74, 6) is -8.60. The average molecular weight is 401 g/mol. The Morgan fingerprint density at radius 1 is 1.21 bits per heavy atom. The van der Waals surface area contributed by atoms with E-state index < -0.39 is 64.0 Å². The summed E-state index contributed by atoms with van der Waals surface area (Å²) in [6, 6.07) is 4.21. The summed E-state index contributed by atoms with van der Waals surface area (Å²) >= 11 is 0. The number of ketones is 2. The van der Waals surface area contributed by atoms with Crippen molar-refractivity contribution in [2.75, 3.05) is 0 Å². The molecule has 9 heteroatoms. The third-order valence-corrected chi connectivity index (χ3v) is 6.38. The van der Waals surface area contributed by atoms with Crippen LogP contribution in [-0.4, -0.2) is 48.6 Å². The largest absolute Gasteiger partial charge is 0.508 e. The molecule has 0 aliphatic heterocycles. The Labute approximate surface area is 164 Å². The highest BCUT2D eigenvalue weighted by Crippen LogP contribution is 2.55. The van der Waals surface area contributed by atoms with Crippen LogP contribution in [0.1, 0.15) is 30.6 Å². The Bertz CT molecular complexity index is 1050. The summed E-state index contributed by atoms with van der Waals surface area (Å²) in [6.07, 6.45) is -1.44. The molecule has 1 fully saturated rings. The first kappa shape index (κ1) is 19.2. The van der Waals surface area contributed by atoms with Gasteiger partial charge in [0, 0.05) is 23.3 Å². The summed E-state index contributed by atoms with van der Waals surface area (Å²) < 4.78 is 0. The second-order valence-corrected chi connectivity index (χ2v) is 7.73. The van der Waals surface area contributed by atoms with Crippen LogP contribution in [0.4, 0.5) is 0 Å². The van der Waals surface area contributed by atoms with Gasteiger partial charge < -0.3 is 31.3 Å². The summed E-state index contributed by atoms with van der Waals surface area (Å²) in [5, 5.41) is 53.4. The molecule has 1 aromatic carbocycles. The van der Waals surface area contributed by atoms with E-state index in [2.05, 4.69) is 0 Å². The molecule has 1 saturated carbocycles. The number of amides is 1. The first-order chi connectivity index (χ1) is 13.5. The van der Waals surface area contributed by atoms with Gasteiger partial charge in [-0.2, -0.15) is 0 Å². The number of benzene rings is 1. The fraction of sp³-hybridized carbons (Fsp3) is 0.350.